The average molecular weight is 628 g/mol. The van der Waals surface area contributed by atoms with Crippen LogP contribution in [0.1, 0.15) is 78.3 Å². The van der Waals surface area contributed by atoms with Gasteiger partial charge in [-0.05, 0) is 94.0 Å². The van der Waals surface area contributed by atoms with E-state index in [1.165, 1.54) is 51.0 Å². The number of rotatable bonds is 5. The van der Waals surface area contributed by atoms with Gasteiger partial charge in [-0.2, -0.15) is 31.4 Å². The van der Waals surface area contributed by atoms with E-state index in [0.717, 1.165) is 38.1 Å². The van der Waals surface area contributed by atoms with Crippen molar-refractivity contribution in [3.05, 3.63) is 70.8 Å². The third-order valence-electron chi connectivity index (χ3n) is 8.35. The van der Waals surface area contributed by atoms with E-state index >= 15 is 0 Å². The second kappa shape index (κ2) is 12.8. The van der Waals surface area contributed by atoms with E-state index in [1.54, 1.807) is 4.90 Å². The zero-order valence-corrected chi connectivity index (χ0v) is 24.7. The van der Waals surface area contributed by atoms with Gasteiger partial charge in [-0.25, -0.2) is 4.79 Å². The Morgan fingerprint density at radius 3 is 1.86 bits per heavy atom. The molecule has 240 valence electrons. The molecule has 0 saturated carbocycles. The van der Waals surface area contributed by atoms with Crippen molar-refractivity contribution < 1.29 is 45.6 Å². The fourth-order valence-electron chi connectivity index (χ4n) is 5.78. The Hall–Kier alpha value is -3.61. The van der Waals surface area contributed by atoms with Gasteiger partial charge in [-0.15, -0.1) is 0 Å². The van der Waals surface area contributed by atoms with Gasteiger partial charge >= 0.3 is 18.3 Å². The number of hydroxylamine groups is 2. The number of carbonyl (C=O) groups excluding carboxylic acids is 3. The van der Waals surface area contributed by atoms with Gasteiger partial charge in [0.1, 0.15) is 5.54 Å². The van der Waals surface area contributed by atoms with Crippen LogP contribution in [-0.4, -0.2) is 71.0 Å². The summed E-state index contributed by atoms with van der Waals surface area (Å²) in [5, 5.41) is 0.189. The predicted octanol–water partition coefficient (Wildman–Crippen LogP) is 6.44. The van der Waals surface area contributed by atoms with Crippen LogP contribution in [0.2, 0.25) is 0 Å². The minimum absolute atomic E-state index is 0.0250. The molecule has 13 heteroatoms. The van der Waals surface area contributed by atoms with E-state index in [-0.39, 0.29) is 27.7 Å². The first kappa shape index (κ1) is 33.3. The van der Waals surface area contributed by atoms with E-state index in [1.807, 2.05) is 0 Å². The van der Waals surface area contributed by atoms with Crippen LogP contribution in [0.5, 0.6) is 0 Å². The largest absolute Gasteiger partial charge is 0.493 e. The lowest BCUT2D eigenvalue weighted by Gasteiger charge is -2.41. The number of carbonyl (C=O) groups is 3. The minimum atomic E-state index is -5.45. The molecule has 0 spiro atoms. The van der Waals surface area contributed by atoms with E-state index in [9.17, 15) is 40.7 Å². The first-order chi connectivity index (χ1) is 20.5. The number of piperidine rings is 2. The number of nitrogens with zero attached hydrogens (tertiary/aromatic N) is 3. The van der Waals surface area contributed by atoms with E-state index in [0.29, 0.717) is 37.2 Å². The minimum Gasteiger partial charge on any atom is -0.339 e. The SMILES string of the molecule is CC1CCCN(C2CCN(C(=O)c3ccc(C(=O)N(OC(=O)C(F)(F)F)C(C)(C)c4ccc(C(F)(F)F)cc4)cc3)CC2)C1. The Labute approximate surface area is 251 Å². The molecule has 1 atom stereocenters. The van der Waals surface area contributed by atoms with Crippen molar-refractivity contribution in [2.75, 3.05) is 26.2 Å². The van der Waals surface area contributed by atoms with Crippen LogP contribution in [0.25, 0.3) is 0 Å². The van der Waals surface area contributed by atoms with E-state index < -0.39 is 35.3 Å². The molecule has 44 heavy (non-hydrogen) atoms. The number of alkyl halides is 6. The first-order valence-corrected chi connectivity index (χ1v) is 14.4. The van der Waals surface area contributed by atoms with Crippen molar-refractivity contribution in [3.8, 4) is 0 Å². The highest BCUT2D eigenvalue weighted by atomic mass is 19.4. The van der Waals surface area contributed by atoms with Gasteiger partial charge in [0.15, 0.2) is 0 Å². The molecule has 2 heterocycles. The van der Waals surface area contributed by atoms with Gasteiger partial charge < -0.3 is 9.74 Å². The second-order valence-electron chi connectivity index (χ2n) is 12.0. The number of benzene rings is 2. The zero-order valence-electron chi connectivity index (χ0n) is 24.7. The van der Waals surface area contributed by atoms with Crippen LogP contribution in [0.3, 0.4) is 0 Å². The summed E-state index contributed by atoms with van der Waals surface area (Å²) in [5.41, 5.74) is -2.79. The van der Waals surface area contributed by atoms with Crippen molar-refractivity contribution in [1.29, 1.82) is 0 Å². The quantitative estimate of drug-likeness (QED) is 0.282. The molecule has 2 aliphatic heterocycles. The fraction of sp³-hybridized carbons (Fsp3) is 0.516. The van der Waals surface area contributed by atoms with Crippen LogP contribution in [0.4, 0.5) is 26.3 Å². The zero-order chi connectivity index (χ0) is 32.4. The molecule has 1 unspecified atom stereocenters. The molecule has 0 radical (unpaired) electrons. The Morgan fingerprint density at radius 2 is 1.34 bits per heavy atom. The fourth-order valence-corrected chi connectivity index (χ4v) is 5.78. The lowest BCUT2D eigenvalue weighted by Crippen LogP contribution is -2.49. The maximum absolute atomic E-state index is 13.4. The van der Waals surface area contributed by atoms with Crippen LogP contribution < -0.4 is 0 Å². The summed E-state index contributed by atoms with van der Waals surface area (Å²) in [7, 11) is 0. The molecule has 7 nitrogen and oxygen atoms in total. The maximum atomic E-state index is 13.4. The summed E-state index contributed by atoms with van der Waals surface area (Å²) in [6.45, 7) is 7.94. The van der Waals surface area contributed by atoms with Crippen LogP contribution in [-0.2, 0) is 21.3 Å². The van der Waals surface area contributed by atoms with Crippen LogP contribution in [0.15, 0.2) is 48.5 Å². The molecule has 2 aromatic rings. The number of halogens is 6. The molecule has 2 saturated heterocycles. The Balaban J connectivity index is 1.50. The molecule has 0 aromatic heterocycles. The molecule has 2 amide bonds. The van der Waals surface area contributed by atoms with Crippen LogP contribution >= 0.6 is 0 Å². The lowest BCUT2D eigenvalue weighted by molar-refractivity contribution is -0.242. The summed E-state index contributed by atoms with van der Waals surface area (Å²) >= 11 is 0. The molecule has 2 aliphatic rings. The van der Waals surface area contributed by atoms with Gasteiger partial charge in [0, 0.05) is 36.8 Å². The molecule has 2 fully saturated rings. The first-order valence-electron chi connectivity index (χ1n) is 14.4. The summed E-state index contributed by atoms with van der Waals surface area (Å²) in [5.74, 6) is -3.44. The summed E-state index contributed by atoms with van der Waals surface area (Å²) in [4.78, 5) is 47.2. The highest BCUT2D eigenvalue weighted by Crippen LogP contribution is 2.35. The highest BCUT2D eigenvalue weighted by molar-refractivity contribution is 5.98. The molecular weight excluding hydrogens is 592 g/mol. The van der Waals surface area contributed by atoms with Crippen molar-refractivity contribution in [2.45, 2.75) is 70.4 Å². The number of hydrogen-bond donors (Lipinski definition) is 0. The van der Waals surface area contributed by atoms with Gasteiger partial charge in [-0.1, -0.05) is 19.1 Å². The molecule has 0 aliphatic carbocycles. The molecule has 0 N–H and O–H groups in total. The highest BCUT2D eigenvalue weighted by Gasteiger charge is 2.47. The summed E-state index contributed by atoms with van der Waals surface area (Å²) < 4.78 is 78.6. The summed E-state index contributed by atoms with van der Waals surface area (Å²) in [6, 6.07) is 9.00. The van der Waals surface area contributed by atoms with E-state index in [4.69, 9.17) is 0 Å². The lowest BCUT2D eigenvalue weighted by atomic mass is 9.92. The molecule has 2 aromatic carbocycles. The Morgan fingerprint density at radius 1 is 0.795 bits per heavy atom. The van der Waals surface area contributed by atoms with Gasteiger partial charge in [0.2, 0.25) is 0 Å². The van der Waals surface area contributed by atoms with Crippen molar-refractivity contribution in [1.82, 2.24) is 14.9 Å². The molecular formula is C31H35F6N3O4. The normalized spacial score (nSPS) is 19.0. The maximum Gasteiger partial charge on any atom is 0.493 e. The van der Waals surface area contributed by atoms with Gasteiger partial charge in [0.25, 0.3) is 11.8 Å². The monoisotopic (exact) mass is 627 g/mol. The number of amides is 2. The second-order valence-corrected chi connectivity index (χ2v) is 12.0. The predicted molar refractivity (Wildman–Crippen MR) is 148 cm³/mol. The number of likely N-dealkylation sites (tertiary alicyclic amines) is 2. The Kier molecular flexibility index (Phi) is 9.67. The topological polar surface area (TPSA) is 70.2 Å². The Bertz CT molecular complexity index is 1330. The van der Waals surface area contributed by atoms with Crippen molar-refractivity contribution >= 4 is 17.8 Å². The van der Waals surface area contributed by atoms with Crippen molar-refractivity contribution in [2.24, 2.45) is 5.92 Å². The average Bonchev–Trinajstić information content (AvgIpc) is 2.98. The number of hydrogen-bond acceptors (Lipinski definition) is 5. The summed E-state index contributed by atoms with van der Waals surface area (Å²) in [6.07, 6.45) is -6.05. The third kappa shape index (κ3) is 7.54. The molecule has 4 rings (SSSR count). The van der Waals surface area contributed by atoms with E-state index in [2.05, 4.69) is 16.7 Å². The smallest absolute Gasteiger partial charge is 0.339 e. The third-order valence-corrected chi connectivity index (χ3v) is 8.35. The van der Waals surface area contributed by atoms with Gasteiger partial charge in [-0.3, -0.25) is 14.5 Å². The van der Waals surface area contributed by atoms with Crippen LogP contribution in [0, 0.1) is 5.92 Å². The standard InChI is InChI=1S/C31H35F6N3O4/c1-20-5-4-16-39(19-20)25-14-17-38(18-15-25)26(41)21-6-8-22(9-7-21)27(42)40(44-28(43)31(35,36)37)29(2,3)23-10-12-24(13-11-23)30(32,33)34/h6-13,20,25H,4-5,14-19H2,1-3H3. The molecule has 0 bridgehead atoms. The van der Waals surface area contributed by atoms with Crippen molar-refractivity contribution in [3.63, 3.8) is 0 Å². The van der Waals surface area contributed by atoms with Gasteiger partial charge in [0.05, 0.1) is 5.56 Å².